The summed E-state index contributed by atoms with van der Waals surface area (Å²) >= 11 is 0. The van der Waals surface area contributed by atoms with Gasteiger partial charge in [-0.25, -0.2) is 4.79 Å². The Labute approximate surface area is 101 Å². The van der Waals surface area contributed by atoms with Crippen LogP contribution in [-0.4, -0.2) is 22.2 Å². The molecule has 17 heavy (non-hydrogen) atoms. The highest BCUT2D eigenvalue weighted by atomic mass is 16.4. The average Bonchev–Trinajstić information content (AvgIpc) is 2.14. The molecule has 4 nitrogen and oxygen atoms in total. The Kier molecular flexibility index (Phi) is 3.19. The van der Waals surface area contributed by atoms with Crippen molar-refractivity contribution in [3.63, 3.8) is 0 Å². The van der Waals surface area contributed by atoms with Gasteiger partial charge >= 0.3 is 11.9 Å². The molecule has 2 atom stereocenters. The second kappa shape index (κ2) is 4.02. The fraction of sp³-hybridized carbons (Fsp3) is 0.538. The summed E-state index contributed by atoms with van der Waals surface area (Å²) in [5.74, 6) is -2.61. The zero-order valence-corrected chi connectivity index (χ0v) is 10.5. The minimum atomic E-state index is -1.19. The van der Waals surface area contributed by atoms with Gasteiger partial charge in [0, 0.05) is 11.5 Å². The Morgan fingerprint density at radius 2 is 1.82 bits per heavy atom. The maximum atomic E-state index is 11.6. The van der Waals surface area contributed by atoms with Gasteiger partial charge in [0.05, 0.1) is 5.41 Å². The number of carbonyl (C=O) groups is 2. The highest BCUT2D eigenvalue weighted by molar-refractivity contribution is 5.91. The normalized spacial score (nSPS) is 28.7. The molecule has 0 aromatic rings. The first kappa shape index (κ1) is 13.5. The lowest BCUT2D eigenvalue weighted by Crippen LogP contribution is -2.48. The molecule has 0 heterocycles. The summed E-state index contributed by atoms with van der Waals surface area (Å²) in [5, 5.41) is 18.6. The van der Waals surface area contributed by atoms with E-state index in [-0.39, 0.29) is 5.57 Å². The van der Waals surface area contributed by atoms with Gasteiger partial charge < -0.3 is 10.2 Å². The lowest BCUT2D eigenvalue weighted by Gasteiger charge is -2.44. The van der Waals surface area contributed by atoms with Gasteiger partial charge in [-0.2, -0.15) is 0 Å². The third-order valence-corrected chi connectivity index (χ3v) is 3.63. The van der Waals surface area contributed by atoms with Crippen molar-refractivity contribution in [2.75, 3.05) is 0 Å². The predicted molar refractivity (Wildman–Crippen MR) is 63.5 cm³/mol. The molecule has 1 aliphatic rings. The molecule has 0 fully saturated rings. The van der Waals surface area contributed by atoms with E-state index in [1.807, 2.05) is 20.8 Å². The number of hydrogen-bond acceptors (Lipinski definition) is 2. The van der Waals surface area contributed by atoms with E-state index in [2.05, 4.69) is 0 Å². The Hall–Kier alpha value is -1.58. The van der Waals surface area contributed by atoms with E-state index in [0.29, 0.717) is 0 Å². The van der Waals surface area contributed by atoms with Gasteiger partial charge in [0.25, 0.3) is 0 Å². The number of carboxylic acids is 2. The molecule has 0 amide bonds. The number of allylic oxidation sites excluding steroid dienone is 2. The van der Waals surface area contributed by atoms with E-state index < -0.39 is 28.7 Å². The van der Waals surface area contributed by atoms with E-state index >= 15 is 0 Å². The molecule has 4 heteroatoms. The van der Waals surface area contributed by atoms with Crippen molar-refractivity contribution >= 4 is 11.9 Å². The monoisotopic (exact) mass is 238 g/mol. The van der Waals surface area contributed by atoms with Crippen molar-refractivity contribution in [2.24, 2.45) is 16.7 Å². The van der Waals surface area contributed by atoms with Crippen LogP contribution in [-0.2, 0) is 9.59 Å². The first-order valence-electron chi connectivity index (χ1n) is 5.50. The van der Waals surface area contributed by atoms with Crippen LogP contribution in [0.1, 0.15) is 27.7 Å². The first-order valence-corrected chi connectivity index (χ1v) is 5.50. The Morgan fingerprint density at radius 1 is 1.29 bits per heavy atom. The quantitative estimate of drug-likeness (QED) is 0.774. The molecule has 0 aliphatic heterocycles. The van der Waals surface area contributed by atoms with E-state index in [1.165, 1.54) is 12.2 Å². The second-order valence-corrected chi connectivity index (χ2v) is 5.43. The van der Waals surface area contributed by atoms with E-state index in [4.69, 9.17) is 5.11 Å². The van der Waals surface area contributed by atoms with Crippen LogP contribution in [0.4, 0.5) is 0 Å². The van der Waals surface area contributed by atoms with Gasteiger partial charge in [-0.1, -0.05) is 45.9 Å². The largest absolute Gasteiger partial charge is 0.481 e. The lowest BCUT2D eigenvalue weighted by molar-refractivity contribution is -0.155. The molecule has 94 valence electrons. The number of rotatable bonds is 2. The maximum absolute atomic E-state index is 11.6. The van der Waals surface area contributed by atoms with E-state index in [0.717, 1.165) is 0 Å². The minimum Gasteiger partial charge on any atom is -0.481 e. The second-order valence-electron chi connectivity index (χ2n) is 5.43. The Morgan fingerprint density at radius 3 is 2.18 bits per heavy atom. The summed E-state index contributed by atoms with van der Waals surface area (Å²) in [6, 6.07) is 0. The summed E-state index contributed by atoms with van der Waals surface area (Å²) in [6.07, 6.45) is 4.61. The van der Waals surface area contributed by atoms with Crippen molar-refractivity contribution in [1.82, 2.24) is 0 Å². The average molecular weight is 238 g/mol. The van der Waals surface area contributed by atoms with Crippen molar-refractivity contribution < 1.29 is 19.8 Å². The van der Waals surface area contributed by atoms with Crippen molar-refractivity contribution in [3.8, 4) is 0 Å². The highest BCUT2D eigenvalue weighted by Crippen LogP contribution is 2.50. The fourth-order valence-corrected chi connectivity index (χ4v) is 2.57. The molecular formula is C13H18O4. The topological polar surface area (TPSA) is 74.6 Å². The van der Waals surface area contributed by atoms with Crippen LogP contribution < -0.4 is 0 Å². The van der Waals surface area contributed by atoms with E-state index in [1.54, 1.807) is 13.0 Å². The van der Waals surface area contributed by atoms with Gasteiger partial charge in [0.2, 0.25) is 0 Å². The van der Waals surface area contributed by atoms with Crippen LogP contribution in [0, 0.1) is 16.7 Å². The highest BCUT2D eigenvalue weighted by Gasteiger charge is 2.53. The van der Waals surface area contributed by atoms with Gasteiger partial charge in [-0.3, -0.25) is 4.79 Å². The van der Waals surface area contributed by atoms with Crippen molar-refractivity contribution in [2.45, 2.75) is 27.7 Å². The fourth-order valence-electron chi connectivity index (χ4n) is 2.57. The summed E-state index contributed by atoms with van der Waals surface area (Å²) < 4.78 is 0. The number of aliphatic carboxylic acids is 2. The van der Waals surface area contributed by atoms with Crippen LogP contribution in [0.15, 0.2) is 23.8 Å². The van der Waals surface area contributed by atoms with Crippen LogP contribution in [0.25, 0.3) is 0 Å². The lowest BCUT2D eigenvalue weighted by atomic mass is 9.57. The number of carboxylic acid groups (broad SMARTS) is 2. The molecule has 1 aliphatic carbocycles. The first-order chi connectivity index (χ1) is 7.64. The molecule has 2 unspecified atom stereocenters. The van der Waals surface area contributed by atoms with Crippen molar-refractivity contribution in [1.29, 1.82) is 0 Å². The van der Waals surface area contributed by atoms with Crippen LogP contribution >= 0.6 is 0 Å². The smallest absolute Gasteiger partial charge is 0.331 e. The molecule has 2 N–H and O–H groups in total. The molecular weight excluding hydrogens is 220 g/mol. The molecule has 0 bridgehead atoms. The molecule has 0 spiro atoms. The predicted octanol–water partition coefficient (Wildman–Crippen LogP) is 2.32. The van der Waals surface area contributed by atoms with E-state index in [9.17, 15) is 14.7 Å². The zero-order chi connectivity index (χ0) is 13.4. The summed E-state index contributed by atoms with van der Waals surface area (Å²) in [5.41, 5.74) is -1.61. The summed E-state index contributed by atoms with van der Waals surface area (Å²) in [6.45, 7) is 7.09. The zero-order valence-electron chi connectivity index (χ0n) is 10.5. The van der Waals surface area contributed by atoms with Crippen LogP contribution in [0.2, 0.25) is 0 Å². The minimum absolute atomic E-state index is 0.143. The molecule has 0 radical (unpaired) electrons. The van der Waals surface area contributed by atoms with Gasteiger partial charge in [-0.15, -0.1) is 0 Å². The third kappa shape index (κ3) is 1.88. The number of hydrogen-bond donors (Lipinski definition) is 2. The van der Waals surface area contributed by atoms with Crippen LogP contribution in [0.5, 0.6) is 0 Å². The molecule has 1 rings (SSSR count). The summed E-state index contributed by atoms with van der Waals surface area (Å²) in [4.78, 5) is 22.7. The van der Waals surface area contributed by atoms with Gasteiger partial charge in [0.15, 0.2) is 0 Å². The van der Waals surface area contributed by atoms with Gasteiger partial charge in [-0.05, 0) is 5.41 Å². The molecule has 0 aromatic heterocycles. The Balaban J connectivity index is 3.39. The standard InChI is InChI=1S/C13H18O4/c1-8-9(10(14)15)6-5-7-13(8,11(16)17)12(2,3)4/h5-8H,1-4H3,(H,14,15)(H,16,17). The SMILES string of the molecule is CC1C(C(=O)O)=CC=CC1(C(=O)O)C(C)(C)C. The van der Waals surface area contributed by atoms with Crippen LogP contribution in [0.3, 0.4) is 0 Å². The van der Waals surface area contributed by atoms with Gasteiger partial charge in [0.1, 0.15) is 0 Å². The molecule has 0 saturated carbocycles. The Bertz CT molecular complexity index is 412. The third-order valence-electron chi connectivity index (χ3n) is 3.63. The van der Waals surface area contributed by atoms with Crippen molar-refractivity contribution in [3.05, 3.63) is 23.8 Å². The summed E-state index contributed by atoms with van der Waals surface area (Å²) in [7, 11) is 0. The molecule has 0 saturated heterocycles. The maximum Gasteiger partial charge on any atom is 0.331 e. The molecule has 0 aromatic carbocycles.